The zero-order valence-electron chi connectivity index (χ0n) is 22.2. The van der Waals surface area contributed by atoms with Gasteiger partial charge in [0.05, 0.1) is 21.8 Å². The molecule has 7 heterocycles. The Hall–Kier alpha value is -3.45. The average molecular weight is 584 g/mol. The maximum absolute atomic E-state index is 16.6. The zero-order chi connectivity index (χ0) is 27.9. The van der Waals surface area contributed by atoms with Crippen molar-refractivity contribution in [1.82, 2.24) is 24.8 Å². The van der Waals surface area contributed by atoms with Crippen molar-refractivity contribution in [3.05, 3.63) is 23.8 Å². The first-order valence-electron chi connectivity index (χ1n) is 14.1. The molecule has 0 amide bonds. The van der Waals surface area contributed by atoms with Gasteiger partial charge in [0.15, 0.2) is 10.9 Å². The summed E-state index contributed by atoms with van der Waals surface area (Å²) in [7, 11) is 0. The quantitative estimate of drug-likeness (QED) is 0.361. The highest BCUT2D eigenvalue weighted by Gasteiger charge is 2.49. The van der Waals surface area contributed by atoms with E-state index in [-0.39, 0.29) is 51.1 Å². The number of pyridine rings is 1. The second-order valence-corrected chi connectivity index (χ2v) is 12.5. The van der Waals surface area contributed by atoms with Crippen LogP contribution in [0.3, 0.4) is 0 Å². The second-order valence-electron chi connectivity index (χ2n) is 11.5. The lowest BCUT2D eigenvalue weighted by Crippen LogP contribution is -2.44. The molecule has 41 heavy (non-hydrogen) atoms. The lowest BCUT2D eigenvalue weighted by atomic mass is 9.95. The van der Waals surface area contributed by atoms with Crippen LogP contribution in [0.25, 0.3) is 32.4 Å². The number of hydrogen-bond donors (Lipinski definition) is 1. The number of aromatic nitrogens is 4. The van der Waals surface area contributed by atoms with Gasteiger partial charge in [-0.3, -0.25) is 4.90 Å². The summed E-state index contributed by atoms with van der Waals surface area (Å²) in [5.41, 5.74) is 5.95. The third-order valence-corrected chi connectivity index (χ3v) is 9.92. The monoisotopic (exact) mass is 583 g/mol. The number of benzene rings is 1. The highest BCUT2D eigenvalue weighted by atomic mass is 32.1. The third-order valence-electron chi connectivity index (χ3n) is 9.02. The minimum absolute atomic E-state index is 0.00691. The molecule has 3 atom stereocenters. The molecule has 214 valence electrons. The lowest BCUT2D eigenvalue weighted by Gasteiger charge is -2.35. The van der Waals surface area contributed by atoms with Gasteiger partial charge in [0, 0.05) is 25.1 Å². The maximum Gasteiger partial charge on any atom is 0.319 e. The molecule has 4 aliphatic heterocycles. The number of nitrogens with two attached hydrogens (primary N) is 1. The number of fused-ring (bicyclic) bond motifs is 4. The summed E-state index contributed by atoms with van der Waals surface area (Å²) in [6.07, 6.45) is 4.24. The Morgan fingerprint density at radius 3 is 2.90 bits per heavy atom. The molecule has 9 nitrogen and oxygen atoms in total. The van der Waals surface area contributed by atoms with Gasteiger partial charge in [0.25, 0.3) is 0 Å². The Labute approximate surface area is 237 Å². The Morgan fingerprint density at radius 1 is 1.10 bits per heavy atom. The van der Waals surface area contributed by atoms with Gasteiger partial charge in [0.2, 0.25) is 5.88 Å². The fourth-order valence-electron chi connectivity index (χ4n) is 7.12. The molecule has 3 saturated heterocycles. The Morgan fingerprint density at radius 2 is 2.00 bits per heavy atom. The van der Waals surface area contributed by atoms with Crippen LogP contribution in [-0.2, 0) is 0 Å². The summed E-state index contributed by atoms with van der Waals surface area (Å²) in [6.45, 7) is 2.56. The topological polar surface area (TPSA) is 103 Å². The maximum atomic E-state index is 16.6. The average Bonchev–Trinajstić information content (AvgIpc) is 3.60. The van der Waals surface area contributed by atoms with E-state index in [1.54, 1.807) is 0 Å². The first kappa shape index (κ1) is 25.3. The number of nitrogens with zero attached hydrogens (tertiary/aromatic N) is 6. The number of anilines is 2. The van der Waals surface area contributed by atoms with Crippen molar-refractivity contribution in [3.8, 4) is 23.1 Å². The number of alkyl halides is 1. The van der Waals surface area contributed by atoms with E-state index >= 15 is 4.39 Å². The van der Waals surface area contributed by atoms with Crippen molar-refractivity contribution in [2.75, 3.05) is 43.5 Å². The van der Waals surface area contributed by atoms with Crippen molar-refractivity contribution in [1.29, 1.82) is 0 Å². The largest absolute Gasteiger partial charge is 0.475 e. The normalized spacial score (nSPS) is 25.8. The van der Waals surface area contributed by atoms with Crippen LogP contribution in [0, 0.1) is 11.6 Å². The predicted molar refractivity (Wildman–Crippen MR) is 149 cm³/mol. The molecule has 8 rings (SSSR count). The standard InChI is InChI=1S/C28H28F3N7O2S/c29-14-10-28(7-3-8-37(28)11-14)13-40-27-35-22-18-24(36-27)38-9-2-1-4-15(38)12-39-25(18)33-20(19(22)31)16-5-6-17(30)23-21(16)34-26(32)41-23/h5-6,14-15H,1-4,7-13H2,(H2,32,34)/t14-,15+,28+/m1/s1. The van der Waals surface area contributed by atoms with Gasteiger partial charge < -0.3 is 20.1 Å². The van der Waals surface area contributed by atoms with E-state index in [2.05, 4.69) is 24.8 Å². The first-order valence-corrected chi connectivity index (χ1v) is 14.9. The van der Waals surface area contributed by atoms with E-state index in [0.29, 0.717) is 36.3 Å². The minimum Gasteiger partial charge on any atom is -0.475 e. The highest BCUT2D eigenvalue weighted by molar-refractivity contribution is 7.22. The number of nitrogen functional groups attached to an aromatic ring is 1. The van der Waals surface area contributed by atoms with Gasteiger partial charge in [-0.25, -0.2) is 23.1 Å². The number of halogens is 3. The smallest absolute Gasteiger partial charge is 0.319 e. The molecular formula is C28H28F3N7O2S. The molecule has 0 spiro atoms. The Bertz CT molecular complexity index is 1700. The van der Waals surface area contributed by atoms with Crippen LogP contribution >= 0.6 is 11.3 Å². The lowest BCUT2D eigenvalue weighted by molar-refractivity contribution is 0.107. The van der Waals surface area contributed by atoms with Crippen LogP contribution in [-0.4, -0.2) is 75.4 Å². The molecule has 0 aliphatic carbocycles. The van der Waals surface area contributed by atoms with Crippen LogP contribution in [0.4, 0.5) is 24.1 Å². The summed E-state index contributed by atoms with van der Waals surface area (Å²) < 4.78 is 58.1. The molecule has 2 N–H and O–H groups in total. The molecule has 13 heteroatoms. The summed E-state index contributed by atoms with van der Waals surface area (Å²) in [4.78, 5) is 22.5. The third kappa shape index (κ3) is 3.92. The molecule has 0 unspecified atom stereocenters. The Kier molecular flexibility index (Phi) is 5.72. The Balaban J connectivity index is 1.29. The SMILES string of the molecule is Nc1nc2c(-c3nc4c5c(nc(OC[C@@]67CCCN6C[C@H](F)C7)nc5c3F)N3CCCC[C@H]3CO4)ccc(F)c2s1. The number of piperidine rings is 1. The first-order chi connectivity index (χ1) is 19.9. The molecular weight excluding hydrogens is 555 g/mol. The minimum atomic E-state index is -0.895. The molecule has 0 radical (unpaired) electrons. The van der Waals surface area contributed by atoms with Crippen molar-refractivity contribution < 1.29 is 22.6 Å². The van der Waals surface area contributed by atoms with E-state index in [1.165, 1.54) is 12.1 Å². The van der Waals surface area contributed by atoms with Gasteiger partial charge in [-0.2, -0.15) is 9.97 Å². The zero-order valence-corrected chi connectivity index (χ0v) is 23.0. The van der Waals surface area contributed by atoms with Crippen LogP contribution in [0.5, 0.6) is 11.9 Å². The molecule has 4 aromatic rings. The van der Waals surface area contributed by atoms with Gasteiger partial charge in [-0.15, -0.1) is 0 Å². The van der Waals surface area contributed by atoms with Gasteiger partial charge in [-0.05, 0) is 50.8 Å². The molecule has 3 aromatic heterocycles. The summed E-state index contributed by atoms with van der Waals surface area (Å²) >= 11 is 0.993. The molecule has 3 fully saturated rings. The van der Waals surface area contributed by atoms with Gasteiger partial charge >= 0.3 is 6.01 Å². The molecule has 1 aromatic carbocycles. The van der Waals surface area contributed by atoms with Crippen LogP contribution in [0.1, 0.15) is 38.5 Å². The van der Waals surface area contributed by atoms with Crippen molar-refractivity contribution >= 4 is 43.4 Å². The molecule has 0 saturated carbocycles. The predicted octanol–water partition coefficient (Wildman–Crippen LogP) is 4.87. The fourth-order valence-corrected chi connectivity index (χ4v) is 7.88. The van der Waals surface area contributed by atoms with Gasteiger partial charge in [0.1, 0.15) is 47.6 Å². The molecule has 0 bridgehead atoms. The van der Waals surface area contributed by atoms with Crippen LogP contribution < -0.4 is 20.1 Å². The van der Waals surface area contributed by atoms with Crippen molar-refractivity contribution in [2.45, 2.75) is 56.3 Å². The van der Waals surface area contributed by atoms with E-state index in [0.717, 1.165) is 56.5 Å². The van der Waals surface area contributed by atoms with E-state index < -0.39 is 23.3 Å². The van der Waals surface area contributed by atoms with E-state index in [1.807, 2.05) is 0 Å². The van der Waals surface area contributed by atoms with Crippen molar-refractivity contribution in [2.24, 2.45) is 0 Å². The van der Waals surface area contributed by atoms with Crippen LogP contribution in [0.15, 0.2) is 12.1 Å². The summed E-state index contributed by atoms with van der Waals surface area (Å²) in [5.74, 6) is -0.461. The summed E-state index contributed by atoms with van der Waals surface area (Å²) in [5, 5.41) is 0.548. The number of rotatable bonds is 4. The number of hydrogen-bond acceptors (Lipinski definition) is 10. The van der Waals surface area contributed by atoms with Gasteiger partial charge in [-0.1, -0.05) is 11.3 Å². The van der Waals surface area contributed by atoms with Crippen LogP contribution in [0.2, 0.25) is 0 Å². The fraction of sp³-hybridized carbons (Fsp3) is 0.500. The molecule has 4 aliphatic rings. The number of ether oxygens (including phenoxy) is 2. The van der Waals surface area contributed by atoms with Crippen molar-refractivity contribution in [3.63, 3.8) is 0 Å². The number of thiazole rings is 1. The second kappa shape index (κ2) is 9.28. The highest BCUT2D eigenvalue weighted by Crippen LogP contribution is 2.44. The van der Waals surface area contributed by atoms with E-state index in [4.69, 9.17) is 20.2 Å². The summed E-state index contributed by atoms with van der Waals surface area (Å²) in [6, 6.07) is 2.77. The van der Waals surface area contributed by atoms with E-state index in [9.17, 15) is 8.78 Å².